The molecule has 6 heteroatoms. The monoisotopic (exact) mass is 516 g/mol. The first-order valence-corrected chi connectivity index (χ1v) is 13.5. The fraction of sp³-hybridized carbons (Fsp3) is 0.438. The second-order valence-electron chi connectivity index (χ2n) is 12.2. The Balaban J connectivity index is 1.71. The van der Waals surface area contributed by atoms with Gasteiger partial charge < -0.3 is 9.47 Å². The van der Waals surface area contributed by atoms with Crippen LogP contribution in [0.4, 0.5) is 4.39 Å². The number of benzene rings is 2. The van der Waals surface area contributed by atoms with Crippen molar-refractivity contribution in [3.63, 3.8) is 0 Å². The molecule has 0 radical (unpaired) electrons. The van der Waals surface area contributed by atoms with Crippen molar-refractivity contribution in [1.82, 2.24) is 9.78 Å². The highest BCUT2D eigenvalue weighted by molar-refractivity contribution is 5.92. The number of para-hydroxylation sites is 1. The summed E-state index contributed by atoms with van der Waals surface area (Å²) in [6, 6.07) is 13.4. The predicted molar refractivity (Wildman–Crippen MR) is 148 cm³/mol. The molecule has 200 valence electrons. The first kappa shape index (κ1) is 26.4. The number of allylic oxidation sites excluding steroid dienone is 1. The van der Waals surface area contributed by atoms with Crippen LogP contribution >= 0.6 is 0 Å². The molecule has 0 N–H and O–H groups in total. The number of carbonyl (C=O) groups excluding carboxylic acids is 1. The molecule has 2 aromatic carbocycles. The van der Waals surface area contributed by atoms with Crippen LogP contribution in [0.15, 0.2) is 60.7 Å². The number of halogens is 1. The molecule has 1 atom stereocenters. The van der Waals surface area contributed by atoms with Crippen LogP contribution in [0.3, 0.4) is 0 Å². The van der Waals surface area contributed by atoms with Crippen LogP contribution in [-0.4, -0.2) is 22.4 Å². The molecule has 5 nitrogen and oxygen atoms in total. The van der Waals surface area contributed by atoms with E-state index in [1.54, 1.807) is 10.7 Å². The van der Waals surface area contributed by atoms with Crippen molar-refractivity contribution in [1.29, 1.82) is 0 Å². The Morgan fingerprint density at radius 1 is 1.13 bits per heavy atom. The lowest BCUT2D eigenvalue weighted by molar-refractivity contribution is -0.128. The molecule has 0 bridgehead atoms. The maximum Gasteiger partial charge on any atom is 0.335 e. The highest BCUT2D eigenvalue weighted by Gasteiger charge is 2.37. The van der Waals surface area contributed by atoms with E-state index in [0.717, 1.165) is 60.7 Å². The van der Waals surface area contributed by atoms with Crippen molar-refractivity contribution in [2.45, 2.75) is 72.4 Å². The zero-order valence-electron chi connectivity index (χ0n) is 22.9. The van der Waals surface area contributed by atoms with Gasteiger partial charge in [-0.3, -0.25) is 0 Å². The number of rotatable bonds is 5. The molecule has 38 heavy (non-hydrogen) atoms. The molecule has 1 aliphatic carbocycles. The summed E-state index contributed by atoms with van der Waals surface area (Å²) >= 11 is 0. The van der Waals surface area contributed by atoms with E-state index in [1.165, 1.54) is 11.6 Å². The van der Waals surface area contributed by atoms with Gasteiger partial charge in [-0.15, -0.1) is 5.10 Å². The molecule has 2 aliphatic rings. The van der Waals surface area contributed by atoms with Crippen molar-refractivity contribution in [2.75, 3.05) is 6.61 Å². The third-order valence-electron chi connectivity index (χ3n) is 7.61. The molecular weight excluding hydrogens is 479 g/mol. The molecule has 3 aromatic rings. The van der Waals surface area contributed by atoms with Gasteiger partial charge in [0.1, 0.15) is 5.75 Å². The van der Waals surface area contributed by atoms with E-state index in [0.29, 0.717) is 17.7 Å². The molecule has 0 spiro atoms. The Kier molecular flexibility index (Phi) is 7.03. The standard InChI is InChI=1S/C32H37FN2O3/c1-6-28(36)38-26-12-8-7-11-23(26)29(22-18-31(2,3)20-32(4,5)19-22)21-14-15-25-24(17-21)30(33)34-35(25)27-13-9-10-16-37-27/h6-8,11-12,14-15,17,27H,1,9-10,13,16,18-20H2,2-5H3. The average molecular weight is 517 g/mol. The van der Waals surface area contributed by atoms with Crippen LogP contribution in [-0.2, 0) is 9.53 Å². The topological polar surface area (TPSA) is 53.3 Å². The van der Waals surface area contributed by atoms with Crippen molar-refractivity contribution >= 4 is 22.4 Å². The van der Waals surface area contributed by atoms with Gasteiger partial charge in [-0.2, -0.15) is 4.39 Å². The quantitative estimate of drug-likeness (QED) is 0.196. The second kappa shape index (κ2) is 10.1. The number of hydrogen-bond donors (Lipinski definition) is 0. The highest BCUT2D eigenvalue weighted by Crippen LogP contribution is 2.51. The summed E-state index contributed by atoms with van der Waals surface area (Å²) in [5, 5.41) is 4.70. The maximum atomic E-state index is 15.3. The van der Waals surface area contributed by atoms with Crippen molar-refractivity contribution < 1.29 is 18.7 Å². The minimum absolute atomic E-state index is 0.0909. The van der Waals surface area contributed by atoms with E-state index in [2.05, 4.69) is 39.4 Å². The number of ether oxygens (including phenoxy) is 2. The molecule has 2 heterocycles. The Labute approximate surface area is 224 Å². The largest absolute Gasteiger partial charge is 0.423 e. The first-order chi connectivity index (χ1) is 18.1. The van der Waals surface area contributed by atoms with Crippen LogP contribution < -0.4 is 4.74 Å². The lowest BCUT2D eigenvalue weighted by Crippen LogP contribution is -2.30. The maximum absolute atomic E-state index is 15.3. The third-order valence-corrected chi connectivity index (χ3v) is 7.61. The van der Waals surface area contributed by atoms with Gasteiger partial charge in [-0.05, 0) is 78.7 Å². The van der Waals surface area contributed by atoms with E-state index in [9.17, 15) is 4.79 Å². The summed E-state index contributed by atoms with van der Waals surface area (Å²) in [5.41, 5.74) is 4.86. The molecule has 1 saturated carbocycles. The Bertz CT molecular complexity index is 1390. The lowest BCUT2D eigenvalue weighted by atomic mass is 9.62. The van der Waals surface area contributed by atoms with Crippen LogP contribution in [0.2, 0.25) is 0 Å². The summed E-state index contributed by atoms with van der Waals surface area (Å²) in [6.45, 7) is 13.4. The van der Waals surface area contributed by atoms with Crippen LogP contribution in [0.5, 0.6) is 5.75 Å². The third kappa shape index (κ3) is 5.32. The fourth-order valence-electron chi connectivity index (χ4n) is 6.67. The molecule has 1 unspecified atom stereocenters. The number of nitrogens with zero attached hydrogens (tertiary/aromatic N) is 2. The summed E-state index contributed by atoms with van der Waals surface area (Å²) in [7, 11) is 0. The minimum atomic E-state index is -0.513. The van der Waals surface area contributed by atoms with Gasteiger partial charge in [0.25, 0.3) is 0 Å². The van der Waals surface area contributed by atoms with Crippen LogP contribution in [0.25, 0.3) is 16.5 Å². The first-order valence-electron chi connectivity index (χ1n) is 13.5. The van der Waals surface area contributed by atoms with Crippen molar-refractivity contribution in [3.8, 4) is 5.75 Å². The van der Waals surface area contributed by atoms with Gasteiger partial charge in [0, 0.05) is 18.2 Å². The molecular formula is C32H37FN2O3. The van der Waals surface area contributed by atoms with E-state index >= 15 is 4.39 Å². The molecule has 1 aromatic heterocycles. The summed E-state index contributed by atoms with van der Waals surface area (Å²) < 4.78 is 28.6. The Hall–Kier alpha value is -3.25. The predicted octanol–water partition coefficient (Wildman–Crippen LogP) is 8.00. The smallest absolute Gasteiger partial charge is 0.335 e. The van der Waals surface area contributed by atoms with Gasteiger partial charge in [0.15, 0.2) is 6.23 Å². The molecule has 1 saturated heterocycles. The van der Waals surface area contributed by atoms with Crippen molar-refractivity contribution in [3.05, 3.63) is 77.8 Å². The van der Waals surface area contributed by atoms with E-state index in [1.807, 2.05) is 36.4 Å². The fourth-order valence-corrected chi connectivity index (χ4v) is 6.67. The molecule has 2 fully saturated rings. The van der Waals surface area contributed by atoms with Crippen LogP contribution in [0, 0.1) is 16.8 Å². The Morgan fingerprint density at radius 2 is 1.87 bits per heavy atom. The summed E-state index contributed by atoms with van der Waals surface area (Å²) in [5.74, 6) is -0.551. The number of fused-ring (bicyclic) bond motifs is 1. The SMILES string of the molecule is C=CC(=O)Oc1ccccc1C(=C1CC(C)(C)CC(C)(C)C1)c1ccc2c(c1)c(F)nn2C1CCCCO1. The molecule has 0 amide bonds. The highest BCUT2D eigenvalue weighted by atomic mass is 19.1. The van der Waals surface area contributed by atoms with Gasteiger partial charge in [0.05, 0.1) is 10.9 Å². The number of carbonyl (C=O) groups is 1. The molecule has 5 rings (SSSR count). The number of esters is 1. The van der Waals surface area contributed by atoms with Gasteiger partial charge in [-0.1, -0.05) is 64.1 Å². The van der Waals surface area contributed by atoms with Gasteiger partial charge >= 0.3 is 5.97 Å². The van der Waals surface area contributed by atoms with E-state index < -0.39 is 11.9 Å². The minimum Gasteiger partial charge on any atom is -0.423 e. The summed E-state index contributed by atoms with van der Waals surface area (Å²) in [6.07, 6.45) is 6.68. The van der Waals surface area contributed by atoms with Gasteiger partial charge in [-0.25, -0.2) is 9.48 Å². The van der Waals surface area contributed by atoms with Gasteiger partial charge in [0.2, 0.25) is 5.95 Å². The second-order valence-corrected chi connectivity index (χ2v) is 12.2. The van der Waals surface area contributed by atoms with Crippen molar-refractivity contribution in [2.24, 2.45) is 10.8 Å². The molecule has 1 aliphatic heterocycles. The zero-order chi connectivity index (χ0) is 27.1. The lowest BCUT2D eigenvalue weighted by Gasteiger charge is -2.43. The summed E-state index contributed by atoms with van der Waals surface area (Å²) in [4.78, 5) is 12.2. The van der Waals surface area contributed by atoms with E-state index in [-0.39, 0.29) is 17.1 Å². The zero-order valence-corrected chi connectivity index (χ0v) is 22.9. The van der Waals surface area contributed by atoms with Crippen LogP contribution in [0.1, 0.15) is 83.6 Å². The average Bonchev–Trinajstić information content (AvgIpc) is 3.20. The number of hydrogen-bond acceptors (Lipinski definition) is 4. The normalized spacial score (nSPS) is 20.8. The Morgan fingerprint density at radius 3 is 2.55 bits per heavy atom. The number of aromatic nitrogens is 2. The van der Waals surface area contributed by atoms with E-state index in [4.69, 9.17) is 9.47 Å².